The number of pyridine rings is 1. The van der Waals surface area contributed by atoms with Crippen molar-refractivity contribution in [1.82, 2.24) is 4.98 Å². The maximum Gasteiger partial charge on any atom is 5.00 e. The van der Waals surface area contributed by atoms with Crippen LogP contribution in [0.5, 0.6) is 5.75 Å². The van der Waals surface area contributed by atoms with Crippen LogP contribution in [0.4, 0.5) is 0 Å². The van der Waals surface area contributed by atoms with E-state index in [0.29, 0.717) is 0 Å². The van der Waals surface area contributed by atoms with Gasteiger partial charge in [-0.05, 0) is 35.4 Å². The van der Waals surface area contributed by atoms with E-state index in [0.717, 1.165) is 16.9 Å². The maximum absolute atomic E-state index is 5.10. The Morgan fingerprint density at radius 3 is 1.55 bits per heavy atom. The number of ether oxygens (including phenoxy) is 1. The third kappa shape index (κ3) is 10.1. The first-order chi connectivity index (χ1) is 7.88. The molecule has 0 bridgehead atoms. The van der Waals surface area contributed by atoms with E-state index in [2.05, 4.69) is 17.1 Å². The van der Waals surface area contributed by atoms with Crippen molar-refractivity contribution in [3.8, 4) is 5.75 Å². The summed E-state index contributed by atoms with van der Waals surface area (Å²) in [4.78, 5) is 3.97. The van der Waals surface area contributed by atoms with Crippen LogP contribution in [0, 0.1) is 0 Å². The summed E-state index contributed by atoms with van der Waals surface area (Å²) < 4.78 is 5.10. The van der Waals surface area contributed by atoms with Crippen LogP contribution in [0.3, 0.4) is 0 Å². The molecule has 10 N–H and O–H groups in total. The minimum atomic E-state index is 0. The monoisotopic (exact) mass is 393 g/mol. The fourth-order valence-electron chi connectivity index (χ4n) is 1.38. The molecule has 0 saturated carbocycles. The van der Waals surface area contributed by atoms with E-state index in [1.165, 1.54) is 0 Å². The molecule has 0 saturated heterocycles. The van der Waals surface area contributed by atoms with Crippen molar-refractivity contribution >= 4 is 12.2 Å². The fraction of sp³-hybridized carbons (Fsp3) is 0.0714. The average Bonchev–Trinajstić information content (AvgIpc) is 2.38. The summed E-state index contributed by atoms with van der Waals surface area (Å²) in [6, 6.07) is 11.9. The smallest absolute Gasteiger partial charge is 0.693 e. The Morgan fingerprint density at radius 1 is 0.727 bits per heavy atom. The van der Waals surface area contributed by atoms with Crippen LogP contribution < -0.4 is 4.74 Å². The Balaban J connectivity index is -0.000000161. The van der Waals surface area contributed by atoms with Gasteiger partial charge in [-0.25, -0.2) is 0 Å². The molecule has 0 aliphatic carbocycles. The molecule has 123 valence electrons. The van der Waals surface area contributed by atoms with Gasteiger partial charge in [0.25, 0.3) is 0 Å². The zero-order valence-electron chi connectivity index (χ0n) is 12.4. The first-order valence-electron chi connectivity index (χ1n) is 5.10. The molecule has 2 rings (SSSR count). The SMILES string of the molecule is COc1ccc(/C=C/c2ccncc2)cc1.[NH2-].[NH2-].[NH2-].[NH2-].[NH2-].[Ru+5]. The van der Waals surface area contributed by atoms with Gasteiger partial charge in [0.2, 0.25) is 0 Å². The zero-order valence-corrected chi connectivity index (χ0v) is 14.1. The molecule has 22 heavy (non-hydrogen) atoms. The Bertz CT molecular complexity index is 478. The third-order valence-corrected chi connectivity index (χ3v) is 2.29. The molecule has 1 aromatic carbocycles. The summed E-state index contributed by atoms with van der Waals surface area (Å²) in [6.07, 6.45) is 7.69. The second-order valence-corrected chi connectivity index (χ2v) is 3.39. The van der Waals surface area contributed by atoms with Crippen molar-refractivity contribution in [3.05, 3.63) is 90.7 Å². The number of nitrogens with two attached hydrogens (primary N) is 5. The molecule has 2 aromatic rings. The molecule has 0 amide bonds. The number of aromatic nitrogens is 1. The molecule has 0 aliphatic heterocycles. The molecule has 1 radical (unpaired) electrons. The van der Waals surface area contributed by atoms with Gasteiger partial charge in [-0.2, -0.15) is 0 Å². The number of nitrogens with zero attached hydrogens (tertiary/aromatic N) is 1. The average molecular weight is 392 g/mol. The van der Waals surface area contributed by atoms with Gasteiger partial charge in [0.1, 0.15) is 5.75 Å². The van der Waals surface area contributed by atoms with E-state index in [1.807, 2.05) is 36.4 Å². The van der Waals surface area contributed by atoms with E-state index in [-0.39, 0.29) is 50.2 Å². The summed E-state index contributed by atoms with van der Waals surface area (Å²) in [7, 11) is 1.67. The molecule has 0 atom stereocenters. The molecule has 1 heterocycles. The Morgan fingerprint density at radius 2 is 1.14 bits per heavy atom. The van der Waals surface area contributed by atoms with Gasteiger partial charge in [-0.3, -0.25) is 4.98 Å². The van der Waals surface area contributed by atoms with Crippen LogP contribution in [0.2, 0.25) is 0 Å². The molecule has 0 spiro atoms. The molecule has 8 heteroatoms. The van der Waals surface area contributed by atoms with Crippen LogP contribution in [-0.4, -0.2) is 12.1 Å². The van der Waals surface area contributed by atoms with E-state index in [9.17, 15) is 0 Å². The maximum atomic E-state index is 5.10. The molecule has 1 aromatic heterocycles. The van der Waals surface area contributed by atoms with Crippen molar-refractivity contribution in [2.24, 2.45) is 0 Å². The van der Waals surface area contributed by atoms with Crippen molar-refractivity contribution in [3.63, 3.8) is 0 Å². The summed E-state index contributed by atoms with van der Waals surface area (Å²) in [5.41, 5.74) is 2.29. The first kappa shape index (κ1) is 32.3. The second-order valence-electron chi connectivity index (χ2n) is 3.39. The first-order valence-corrected chi connectivity index (χ1v) is 5.10. The van der Waals surface area contributed by atoms with Gasteiger partial charge in [0, 0.05) is 12.4 Å². The van der Waals surface area contributed by atoms with Gasteiger partial charge in [0.15, 0.2) is 0 Å². The zero-order chi connectivity index (χ0) is 11.2. The summed E-state index contributed by atoms with van der Waals surface area (Å²) in [5.74, 6) is 0.876. The minimum Gasteiger partial charge on any atom is -0.693 e. The minimum absolute atomic E-state index is 0. The number of hydrogen-bond acceptors (Lipinski definition) is 2. The van der Waals surface area contributed by atoms with Crippen LogP contribution in [-0.2, 0) is 19.5 Å². The van der Waals surface area contributed by atoms with Crippen LogP contribution in [0.1, 0.15) is 11.1 Å². The predicted octanol–water partition coefficient (Wildman–Crippen LogP) is 6.84. The summed E-state index contributed by atoms with van der Waals surface area (Å²) >= 11 is 0. The van der Waals surface area contributed by atoms with Crippen LogP contribution in [0.25, 0.3) is 42.9 Å². The van der Waals surface area contributed by atoms with Gasteiger partial charge in [-0.1, -0.05) is 24.3 Å². The molecular formula is C14H23N6ORu. The fourth-order valence-corrected chi connectivity index (χ4v) is 1.38. The molecule has 0 aliphatic rings. The van der Waals surface area contributed by atoms with Crippen LogP contribution >= 0.6 is 0 Å². The van der Waals surface area contributed by atoms with Crippen molar-refractivity contribution in [1.29, 1.82) is 0 Å². The van der Waals surface area contributed by atoms with Crippen molar-refractivity contribution in [2.75, 3.05) is 7.11 Å². The second kappa shape index (κ2) is 17.4. The normalized spacial score (nSPS) is 7.68. The molecule has 0 fully saturated rings. The number of rotatable bonds is 3. The van der Waals surface area contributed by atoms with E-state index in [1.54, 1.807) is 19.5 Å². The summed E-state index contributed by atoms with van der Waals surface area (Å²) in [6.45, 7) is 0. The molecular weight excluding hydrogens is 369 g/mol. The topological polar surface area (TPSA) is 190 Å². The van der Waals surface area contributed by atoms with Gasteiger partial charge in [-0.15, -0.1) is 0 Å². The largest absolute Gasteiger partial charge is 5.00 e. The summed E-state index contributed by atoms with van der Waals surface area (Å²) in [5, 5.41) is 0. The van der Waals surface area contributed by atoms with Gasteiger partial charge in [0.05, 0.1) is 7.11 Å². The number of methoxy groups -OCH3 is 1. The van der Waals surface area contributed by atoms with E-state index >= 15 is 0 Å². The number of hydrogen-bond donors (Lipinski definition) is 0. The standard InChI is InChI=1S/C14H13NO.5H2N.Ru/c1-16-14-6-4-12(5-7-14)2-3-13-8-10-15-11-9-13;;;;;;/h2-11H,1H3;5*1H2;/q;5*-1;+5/b3-2+;;;;;;. The quantitative estimate of drug-likeness (QED) is 0.516. The van der Waals surface area contributed by atoms with Gasteiger partial charge < -0.3 is 35.5 Å². The van der Waals surface area contributed by atoms with Crippen LogP contribution in [0.15, 0.2) is 48.8 Å². The van der Waals surface area contributed by atoms with E-state index in [4.69, 9.17) is 4.74 Å². The van der Waals surface area contributed by atoms with Crippen molar-refractivity contribution in [2.45, 2.75) is 0 Å². The Kier molecular flexibility index (Phi) is 25.5. The van der Waals surface area contributed by atoms with E-state index < -0.39 is 0 Å². The molecule has 0 unspecified atom stereocenters. The predicted molar refractivity (Wildman–Crippen MR) is 92.6 cm³/mol. The number of benzene rings is 1. The Hall–Kier alpha value is -1.67. The van der Waals surface area contributed by atoms with Gasteiger partial charge >= 0.3 is 19.5 Å². The molecule has 7 nitrogen and oxygen atoms in total. The Labute approximate surface area is 145 Å². The third-order valence-electron chi connectivity index (χ3n) is 2.29. The van der Waals surface area contributed by atoms with Crippen molar-refractivity contribution < 1.29 is 24.2 Å².